The van der Waals surface area contributed by atoms with Gasteiger partial charge in [0.05, 0.1) is 4.91 Å². The van der Waals surface area contributed by atoms with Crippen molar-refractivity contribution in [2.24, 2.45) is 0 Å². The van der Waals surface area contributed by atoms with Crippen molar-refractivity contribution in [3.63, 3.8) is 0 Å². The number of carbonyl (C=O) groups is 2. The molecule has 0 atom stereocenters. The maximum absolute atomic E-state index is 12.9. The Morgan fingerprint density at radius 2 is 1.92 bits per heavy atom. The van der Waals surface area contributed by atoms with Crippen LogP contribution in [0.5, 0.6) is 0 Å². The molecule has 7 heteroatoms. The number of aryl methyl sites for hydroxylation is 1. The maximum Gasteiger partial charge on any atom is 0.266 e. The van der Waals surface area contributed by atoms with Gasteiger partial charge in [0, 0.05) is 5.69 Å². The Morgan fingerprint density at radius 1 is 1.23 bits per heavy atom. The van der Waals surface area contributed by atoms with Crippen molar-refractivity contribution in [2.75, 3.05) is 11.9 Å². The van der Waals surface area contributed by atoms with E-state index in [0.717, 1.165) is 11.1 Å². The number of thiocarbonyl (C=S) groups is 1. The van der Waals surface area contributed by atoms with Crippen LogP contribution in [-0.4, -0.2) is 27.6 Å². The zero-order valence-corrected chi connectivity index (χ0v) is 15.5. The van der Waals surface area contributed by atoms with Gasteiger partial charge in [0.1, 0.15) is 16.7 Å². The number of hydrogen-bond donors (Lipinski definition) is 1. The molecular formula is C19H15FN2O2S2. The molecule has 2 aromatic carbocycles. The minimum Gasteiger partial charge on any atom is -0.325 e. The SMILES string of the molecule is Cc1ccccc1/C=C1\SC(=S)N(CC(=O)Nc2ccc(F)cc2)C1=O. The number of benzene rings is 2. The van der Waals surface area contributed by atoms with E-state index in [-0.39, 0.29) is 18.3 Å². The first kappa shape index (κ1) is 18.3. The first-order valence-electron chi connectivity index (χ1n) is 7.80. The molecule has 132 valence electrons. The molecule has 1 aliphatic heterocycles. The number of rotatable bonds is 4. The molecule has 3 rings (SSSR count). The molecule has 1 heterocycles. The summed E-state index contributed by atoms with van der Waals surface area (Å²) in [5, 5.41) is 2.62. The summed E-state index contributed by atoms with van der Waals surface area (Å²) in [6.07, 6.45) is 1.78. The molecule has 0 unspecified atom stereocenters. The second-order valence-electron chi connectivity index (χ2n) is 5.68. The van der Waals surface area contributed by atoms with E-state index in [0.29, 0.717) is 14.9 Å². The highest BCUT2D eigenvalue weighted by molar-refractivity contribution is 8.26. The van der Waals surface area contributed by atoms with Gasteiger partial charge in [-0.15, -0.1) is 0 Å². The first-order valence-corrected chi connectivity index (χ1v) is 9.03. The lowest BCUT2D eigenvalue weighted by Crippen LogP contribution is -2.36. The van der Waals surface area contributed by atoms with Crippen molar-refractivity contribution in [3.05, 3.63) is 70.4 Å². The number of hydrogen-bond acceptors (Lipinski definition) is 4. The molecule has 26 heavy (non-hydrogen) atoms. The monoisotopic (exact) mass is 386 g/mol. The van der Waals surface area contributed by atoms with Crippen LogP contribution >= 0.6 is 24.0 Å². The first-order chi connectivity index (χ1) is 12.4. The Balaban J connectivity index is 1.70. The third kappa shape index (κ3) is 4.17. The summed E-state index contributed by atoms with van der Waals surface area (Å²) in [5.74, 6) is -1.08. The molecule has 0 radical (unpaired) electrons. The summed E-state index contributed by atoms with van der Waals surface area (Å²) in [6.45, 7) is 1.77. The zero-order valence-electron chi connectivity index (χ0n) is 13.9. The van der Waals surface area contributed by atoms with Gasteiger partial charge in [0.25, 0.3) is 5.91 Å². The van der Waals surface area contributed by atoms with Gasteiger partial charge in [-0.05, 0) is 48.4 Å². The Labute approximate surface area is 160 Å². The topological polar surface area (TPSA) is 49.4 Å². The minimum absolute atomic E-state index is 0.187. The third-order valence-corrected chi connectivity index (χ3v) is 5.16. The molecule has 0 saturated carbocycles. The standard InChI is InChI=1S/C19H15FN2O2S2/c1-12-4-2-3-5-13(12)10-16-18(24)22(19(25)26-16)11-17(23)21-15-8-6-14(20)7-9-15/h2-10H,11H2,1H3,(H,21,23)/b16-10-. The molecule has 1 fully saturated rings. The Hall–Kier alpha value is -2.51. The predicted molar refractivity (Wildman–Crippen MR) is 106 cm³/mol. The van der Waals surface area contributed by atoms with Crippen LogP contribution in [-0.2, 0) is 9.59 Å². The average Bonchev–Trinajstić information content (AvgIpc) is 2.86. The fourth-order valence-corrected chi connectivity index (χ4v) is 3.65. The van der Waals surface area contributed by atoms with Crippen LogP contribution in [0.15, 0.2) is 53.4 Å². The predicted octanol–water partition coefficient (Wildman–Crippen LogP) is 3.97. The molecule has 0 spiro atoms. The number of carbonyl (C=O) groups excluding carboxylic acids is 2. The number of thioether (sulfide) groups is 1. The van der Waals surface area contributed by atoms with Gasteiger partial charge in [-0.2, -0.15) is 0 Å². The smallest absolute Gasteiger partial charge is 0.266 e. The van der Waals surface area contributed by atoms with E-state index in [9.17, 15) is 14.0 Å². The summed E-state index contributed by atoms with van der Waals surface area (Å²) in [6, 6.07) is 13.1. The Bertz CT molecular complexity index is 910. The normalized spacial score (nSPS) is 15.6. The minimum atomic E-state index is -0.398. The molecule has 0 aromatic heterocycles. The highest BCUT2D eigenvalue weighted by atomic mass is 32.2. The van der Waals surface area contributed by atoms with Gasteiger partial charge in [0.15, 0.2) is 0 Å². The molecule has 0 bridgehead atoms. The summed E-state index contributed by atoms with van der Waals surface area (Å²) in [7, 11) is 0. The van der Waals surface area contributed by atoms with Gasteiger partial charge in [-0.1, -0.05) is 48.2 Å². The van der Waals surface area contributed by atoms with E-state index in [1.54, 1.807) is 6.08 Å². The van der Waals surface area contributed by atoms with Gasteiger partial charge in [0.2, 0.25) is 5.91 Å². The third-order valence-electron chi connectivity index (χ3n) is 3.78. The van der Waals surface area contributed by atoms with Crippen LogP contribution in [0.2, 0.25) is 0 Å². The number of anilines is 1. The Kier molecular flexibility index (Phi) is 5.49. The number of nitrogens with zero attached hydrogens (tertiary/aromatic N) is 1. The summed E-state index contributed by atoms with van der Waals surface area (Å²) >= 11 is 6.42. The lowest BCUT2D eigenvalue weighted by molar-refractivity contribution is -0.126. The van der Waals surface area contributed by atoms with E-state index < -0.39 is 5.91 Å². The van der Waals surface area contributed by atoms with Crippen LogP contribution in [0.25, 0.3) is 6.08 Å². The highest BCUT2D eigenvalue weighted by Gasteiger charge is 2.33. The molecule has 1 N–H and O–H groups in total. The molecule has 1 aliphatic rings. The van der Waals surface area contributed by atoms with Crippen molar-refractivity contribution in [3.8, 4) is 0 Å². The number of nitrogens with one attached hydrogen (secondary N) is 1. The fourth-order valence-electron chi connectivity index (χ4n) is 2.40. The largest absolute Gasteiger partial charge is 0.325 e. The number of amides is 2. The lowest BCUT2D eigenvalue weighted by atomic mass is 10.1. The average molecular weight is 386 g/mol. The summed E-state index contributed by atoms with van der Waals surface area (Å²) in [4.78, 5) is 26.5. The van der Waals surface area contributed by atoms with Crippen molar-refractivity contribution in [1.82, 2.24) is 4.90 Å². The number of halogens is 1. The second kappa shape index (κ2) is 7.80. The summed E-state index contributed by atoms with van der Waals surface area (Å²) < 4.78 is 13.2. The van der Waals surface area contributed by atoms with Crippen LogP contribution in [0.3, 0.4) is 0 Å². The van der Waals surface area contributed by atoms with Crippen molar-refractivity contribution in [1.29, 1.82) is 0 Å². The van der Waals surface area contributed by atoms with Crippen LogP contribution in [0, 0.1) is 12.7 Å². The molecule has 4 nitrogen and oxygen atoms in total. The Morgan fingerprint density at radius 3 is 2.62 bits per heavy atom. The van der Waals surface area contributed by atoms with Crippen molar-refractivity contribution < 1.29 is 14.0 Å². The summed E-state index contributed by atoms with van der Waals surface area (Å²) in [5.41, 5.74) is 2.44. The van der Waals surface area contributed by atoms with E-state index in [4.69, 9.17) is 12.2 Å². The van der Waals surface area contributed by atoms with Gasteiger partial charge in [-0.25, -0.2) is 4.39 Å². The van der Waals surface area contributed by atoms with Crippen LogP contribution in [0.1, 0.15) is 11.1 Å². The van der Waals surface area contributed by atoms with Crippen molar-refractivity contribution in [2.45, 2.75) is 6.92 Å². The molecule has 1 saturated heterocycles. The van der Waals surface area contributed by atoms with E-state index >= 15 is 0 Å². The van der Waals surface area contributed by atoms with Crippen LogP contribution in [0.4, 0.5) is 10.1 Å². The van der Waals surface area contributed by atoms with E-state index in [2.05, 4.69) is 5.32 Å². The van der Waals surface area contributed by atoms with Gasteiger partial charge >= 0.3 is 0 Å². The molecular weight excluding hydrogens is 371 g/mol. The second-order valence-corrected chi connectivity index (χ2v) is 7.36. The van der Waals surface area contributed by atoms with Crippen LogP contribution < -0.4 is 5.32 Å². The molecule has 0 aliphatic carbocycles. The van der Waals surface area contributed by atoms with Crippen molar-refractivity contribution >= 4 is 51.9 Å². The molecule has 2 amide bonds. The maximum atomic E-state index is 12.9. The van der Waals surface area contributed by atoms with Gasteiger partial charge in [-0.3, -0.25) is 14.5 Å². The molecule has 2 aromatic rings. The lowest BCUT2D eigenvalue weighted by Gasteiger charge is -2.14. The van der Waals surface area contributed by atoms with Gasteiger partial charge < -0.3 is 5.32 Å². The fraction of sp³-hybridized carbons (Fsp3) is 0.105. The zero-order chi connectivity index (χ0) is 18.7. The van der Waals surface area contributed by atoms with E-state index in [1.807, 2.05) is 31.2 Å². The highest BCUT2D eigenvalue weighted by Crippen LogP contribution is 2.32. The van der Waals surface area contributed by atoms with E-state index in [1.165, 1.54) is 40.9 Å². The quantitative estimate of drug-likeness (QED) is 0.638.